The van der Waals surface area contributed by atoms with Crippen molar-refractivity contribution in [2.45, 2.75) is 45.2 Å². The Morgan fingerprint density at radius 1 is 1.21 bits per heavy atom. The fourth-order valence-corrected chi connectivity index (χ4v) is 3.97. The number of carbonyl (C=O) groups is 1. The number of aromatic nitrogens is 4. The van der Waals surface area contributed by atoms with Gasteiger partial charge in [-0.25, -0.2) is 19.3 Å². The Labute approximate surface area is 167 Å². The van der Waals surface area contributed by atoms with Gasteiger partial charge >= 0.3 is 0 Å². The lowest BCUT2D eigenvalue weighted by molar-refractivity contribution is 0.103. The molecule has 29 heavy (non-hydrogen) atoms. The van der Waals surface area contributed by atoms with Crippen molar-refractivity contribution in [3.05, 3.63) is 47.4 Å². The van der Waals surface area contributed by atoms with Crippen LogP contribution < -0.4 is 5.32 Å². The summed E-state index contributed by atoms with van der Waals surface area (Å²) in [6.45, 7) is 2.55. The van der Waals surface area contributed by atoms with Crippen LogP contribution in [-0.4, -0.2) is 38.4 Å². The number of ketones is 1. The van der Waals surface area contributed by atoms with Crippen molar-refractivity contribution in [2.75, 3.05) is 11.9 Å². The number of alkyl halides is 1. The number of aromatic amines is 1. The Hall–Kier alpha value is -2.90. The number of hydrogen-bond donors (Lipinski definition) is 2. The van der Waals surface area contributed by atoms with Crippen molar-refractivity contribution in [1.29, 1.82) is 0 Å². The van der Waals surface area contributed by atoms with Crippen LogP contribution in [0.2, 0.25) is 0 Å². The van der Waals surface area contributed by atoms with Crippen LogP contribution in [-0.2, 0) is 6.42 Å². The van der Waals surface area contributed by atoms with E-state index in [2.05, 4.69) is 25.3 Å². The minimum absolute atomic E-state index is 0.0894. The summed E-state index contributed by atoms with van der Waals surface area (Å²) in [5.41, 5.74) is 1.31. The summed E-state index contributed by atoms with van der Waals surface area (Å²) in [6, 6.07) is 3.17. The molecular formula is C21H23F2N5O. The van der Waals surface area contributed by atoms with Gasteiger partial charge in [-0.3, -0.25) is 4.79 Å². The molecule has 4 rings (SSSR count). The van der Waals surface area contributed by atoms with Gasteiger partial charge in [0.1, 0.15) is 24.0 Å². The van der Waals surface area contributed by atoms with Gasteiger partial charge in [-0.2, -0.15) is 4.39 Å². The summed E-state index contributed by atoms with van der Waals surface area (Å²) < 4.78 is 28.0. The van der Waals surface area contributed by atoms with Crippen LogP contribution in [0.4, 0.5) is 14.6 Å². The monoisotopic (exact) mass is 399 g/mol. The summed E-state index contributed by atoms with van der Waals surface area (Å²) in [5, 5.41) is 3.63. The number of nitrogens with zero attached hydrogens (tertiary/aromatic N) is 3. The zero-order chi connectivity index (χ0) is 20.4. The van der Waals surface area contributed by atoms with Crippen molar-refractivity contribution in [2.24, 2.45) is 5.92 Å². The molecule has 3 aromatic heterocycles. The van der Waals surface area contributed by atoms with Crippen LogP contribution >= 0.6 is 0 Å². The fourth-order valence-electron chi connectivity index (χ4n) is 3.97. The van der Waals surface area contributed by atoms with E-state index < -0.39 is 17.9 Å². The maximum atomic E-state index is 14.7. The van der Waals surface area contributed by atoms with Crippen LogP contribution in [0.3, 0.4) is 0 Å². The number of rotatable bonds is 6. The predicted octanol–water partition coefficient (Wildman–Crippen LogP) is 4.23. The van der Waals surface area contributed by atoms with E-state index in [0.717, 1.165) is 12.8 Å². The van der Waals surface area contributed by atoms with E-state index in [4.69, 9.17) is 0 Å². The second-order valence-corrected chi connectivity index (χ2v) is 7.47. The lowest BCUT2D eigenvalue weighted by Gasteiger charge is -2.23. The zero-order valence-corrected chi connectivity index (χ0v) is 16.2. The van der Waals surface area contributed by atoms with Crippen molar-refractivity contribution >= 4 is 22.6 Å². The molecule has 0 atom stereocenters. The molecule has 6 nitrogen and oxygen atoms in total. The first kappa shape index (κ1) is 19.4. The molecule has 3 heterocycles. The second-order valence-electron chi connectivity index (χ2n) is 7.47. The van der Waals surface area contributed by atoms with E-state index in [1.807, 2.05) is 6.92 Å². The van der Waals surface area contributed by atoms with Gasteiger partial charge in [-0.1, -0.05) is 0 Å². The molecule has 0 unspecified atom stereocenters. The highest BCUT2D eigenvalue weighted by Gasteiger charge is 2.24. The summed E-state index contributed by atoms with van der Waals surface area (Å²) in [6.07, 6.45) is 5.48. The molecule has 3 aromatic rings. The van der Waals surface area contributed by atoms with Crippen LogP contribution in [0, 0.1) is 11.9 Å². The lowest BCUT2D eigenvalue weighted by Crippen LogP contribution is -2.17. The van der Waals surface area contributed by atoms with Gasteiger partial charge in [0.15, 0.2) is 5.78 Å². The van der Waals surface area contributed by atoms with E-state index in [0.29, 0.717) is 59.8 Å². The molecule has 0 radical (unpaired) electrons. The summed E-state index contributed by atoms with van der Waals surface area (Å²) >= 11 is 0. The maximum Gasteiger partial charge on any atom is 0.224 e. The fraction of sp³-hybridized carbons (Fsp3) is 0.429. The average molecular weight is 399 g/mol. The molecule has 0 amide bonds. The topological polar surface area (TPSA) is 83.6 Å². The third-order valence-corrected chi connectivity index (χ3v) is 5.48. The van der Waals surface area contributed by atoms with Gasteiger partial charge in [0.05, 0.1) is 16.5 Å². The molecular weight excluding hydrogens is 376 g/mol. The molecule has 1 aliphatic rings. The third kappa shape index (κ3) is 3.97. The van der Waals surface area contributed by atoms with E-state index in [9.17, 15) is 13.6 Å². The number of hydrogen-bond acceptors (Lipinski definition) is 5. The standard InChI is InChI=1S/C21H23F2N5O/c1-2-24-20-17-16(10-25-21(17)27-11-26-20)18(29)15-8-7-14(28-19(15)23)9-12-3-5-13(22)6-4-12/h7-8,10-13H,2-6,9H2,1H3,(H2,24,25,26,27). The molecule has 0 aliphatic heterocycles. The van der Waals surface area contributed by atoms with Crippen molar-refractivity contribution in [3.63, 3.8) is 0 Å². The van der Waals surface area contributed by atoms with Crippen LogP contribution in [0.1, 0.15) is 54.2 Å². The molecule has 1 saturated carbocycles. The SMILES string of the molecule is CCNc1ncnc2[nH]cc(C(=O)c3ccc(CC4CCC(F)CC4)nc3F)c12. The minimum atomic E-state index is -0.789. The second kappa shape index (κ2) is 8.23. The summed E-state index contributed by atoms with van der Waals surface area (Å²) in [4.78, 5) is 28.3. The normalized spacial score (nSPS) is 19.4. The van der Waals surface area contributed by atoms with Gasteiger partial charge in [0, 0.05) is 18.4 Å². The Balaban J connectivity index is 1.59. The van der Waals surface area contributed by atoms with Gasteiger partial charge in [-0.05, 0) is 57.1 Å². The molecule has 8 heteroatoms. The Morgan fingerprint density at radius 2 is 2.00 bits per heavy atom. The van der Waals surface area contributed by atoms with Gasteiger partial charge in [0.25, 0.3) is 0 Å². The van der Waals surface area contributed by atoms with E-state index in [1.54, 1.807) is 6.07 Å². The summed E-state index contributed by atoms with van der Waals surface area (Å²) in [7, 11) is 0. The van der Waals surface area contributed by atoms with Crippen molar-refractivity contribution in [3.8, 4) is 0 Å². The molecule has 2 N–H and O–H groups in total. The first-order chi connectivity index (χ1) is 14.1. The highest BCUT2D eigenvalue weighted by molar-refractivity contribution is 6.17. The van der Waals surface area contributed by atoms with Gasteiger partial charge in [0.2, 0.25) is 5.95 Å². The molecule has 0 saturated heterocycles. The highest BCUT2D eigenvalue weighted by Crippen LogP contribution is 2.29. The van der Waals surface area contributed by atoms with Crippen LogP contribution in [0.15, 0.2) is 24.7 Å². The molecule has 1 fully saturated rings. The average Bonchev–Trinajstić information content (AvgIpc) is 3.15. The van der Waals surface area contributed by atoms with E-state index in [-0.39, 0.29) is 5.56 Å². The van der Waals surface area contributed by atoms with Crippen molar-refractivity contribution in [1.82, 2.24) is 19.9 Å². The minimum Gasteiger partial charge on any atom is -0.370 e. The number of nitrogens with one attached hydrogen (secondary N) is 2. The third-order valence-electron chi connectivity index (χ3n) is 5.48. The number of H-pyrrole nitrogens is 1. The molecule has 0 spiro atoms. The number of fused-ring (bicyclic) bond motifs is 1. The first-order valence-electron chi connectivity index (χ1n) is 9.97. The number of carbonyl (C=O) groups excluding carboxylic acids is 1. The first-order valence-corrected chi connectivity index (χ1v) is 9.97. The van der Waals surface area contributed by atoms with Crippen molar-refractivity contribution < 1.29 is 13.6 Å². The smallest absolute Gasteiger partial charge is 0.224 e. The number of anilines is 1. The Kier molecular flexibility index (Phi) is 5.51. The zero-order valence-electron chi connectivity index (χ0n) is 16.2. The molecule has 0 aromatic carbocycles. The van der Waals surface area contributed by atoms with Crippen LogP contribution in [0.25, 0.3) is 11.0 Å². The number of pyridine rings is 1. The number of halogens is 2. The molecule has 0 bridgehead atoms. The predicted molar refractivity (Wildman–Crippen MR) is 106 cm³/mol. The summed E-state index contributed by atoms with van der Waals surface area (Å²) in [5.74, 6) is -0.429. The van der Waals surface area contributed by atoms with Crippen LogP contribution in [0.5, 0.6) is 0 Å². The van der Waals surface area contributed by atoms with E-state index in [1.165, 1.54) is 18.6 Å². The lowest BCUT2D eigenvalue weighted by atomic mass is 9.85. The highest BCUT2D eigenvalue weighted by atomic mass is 19.1. The van der Waals surface area contributed by atoms with E-state index >= 15 is 0 Å². The molecule has 1 aliphatic carbocycles. The Bertz CT molecular complexity index is 1030. The molecule has 152 valence electrons. The largest absolute Gasteiger partial charge is 0.370 e. The van der Waals surface area contributed by atoms with Gasteiger partial charge < -0.3 is 10.3 Å². The maximum absolute atomic E-state index is 14.7. The van der Waals surface area contributed by atoms with Gasteiger partial charge in [-0.15, -0.1) is 0 Å². The quantitative estimate of drug-likeness (QED) is 0.479. The Morgan fingerprint density at radius 3 is 2.72 bits per heavy atom.